The fourth-order valence-electron chi connectivity index (χ4n) is 2.27. The first-order chi connectivity index (χ1) is 8.42. The third-order valence-corrected chi connectivity index (χ3v) is 3.62. The molecule has 1 aromatic carbocycles. The third-order valence-electron chi connectivity index (χ3n) is 3.01. The first kappa shape index (κ1) is 13.2. The van der Waals surface area contributed by atoms with Crippen molar-refractivity contribution in [3.63, 3.8) is 0 Å². The molecule has 18 heavy (non-hydrogen) atoms. The van der Waals surface area contributed by atoms with Crippen LogP contribution in [0.5, 0.6) is 0 Å². The monoisotopic (exact) mass is 269 g/mol. The molecule has 1 fully saturated rings. The Bertz CT molecular complexity index is 516. The zero-order chi connectivity index (χ0) is 13.2. The minimum Gasteiger partial charge on any atom is -0.382 e. The molecule has 1 aromatic rings. The van der Waals surface area contributed by atoms with E-state index in [-0.39, 0.29) is 6.04 Å². The SMILES string of the molecule is CS(=O)(=O)Nc1cccc(NC2CCC(N)C2)c1. The van der Waals surface area contributed by atoms with Crippen molar-refractivity contribution in [2.75, 3.05) is 16.3 Å². The Balaban J connectivity index is 2.03. The highest BCUT2D eigenvalue weighted by Gasteiger charge is 2.21. The van der Waals surface area contributed by atoms with E-state index in [0.717, 1.165) is 31.2 Å². The lowest BCUT2D eigenvalue weighted by Gasteiger charge is -2.15. The van der Waals surface area contributed by atoms with Crippen molar-refractivity contribution in [3.05, 3.63) is 24.3 Å². The van der Waals surface area contributed by atoms with Gasteiger partial charge in [-0.3, -0.25) is 4.72 Å². The molecule has 2 rings (SSSR count). The van der Waals surface area contributed by atoms with Crippen LogP contribution < -0.4 is 15.8 Å². The number of anilines is 2. The number of sulfonamides is 1. The van der Waals surface area contributed by atoms with Gasteiger partial charge >= 0.3 is 0 Å². The number of rotatable bonds is 4. The highest BCUT2D eigenvalue weighted by atomic mass is 32.2. The van der Waals surface area contributed by atoms with Crippen LogP contribution in [-0.4, -0.2) is 26.8 Å². The maximum atomic E-state index is 11.2. The van der Waals surface area contributed by atoms with Gasteiger partial charge in [-0.1, -0.05) is 6.07 Å². The molecular weight excluding hydrogens is 250 g/mol. The first-order valence-corrected chi connectivity index (χ1v) is 7.91. The minimum absolute atomic E-state index is 0.278. The molecule has 0 aromatic heterocycles. The zero-order valence-electron chi connectivity index (χ0n) is 10.4. The van der Waals surface area contributed by atoms with Crippen molar-refractivity contribution in [2.45, 2.75) is 31.3 Å². The van der Waals surface area contributed by atoms with Crippen LogP contribution in [0.4, 0.5) is 11.4 Å². The number of hydrogen-bond donors (Lipinski definition) is 3. The second-order valence-electron chi connectivity index (χ2n) is 4.87. The number of nitrogens with two attached hydrogens (primary N) is 1. The van der Waals surface area contributed by atoms with Crippen molar-refractivity contribution in [1.29, 1.82) is 0 Å². The molecular formula is C12H19N3O2S. The average molecular weight is 269 g/mol. The van der Waals surface area contributed by atoms with Gasteiger partial charge in [-0.25, -0.2) is 8.42 Å². The Hall–Kier alpha value is -1.27. The molecule has 1 aliphatic rings. The largest absolute Gasteiger partial charge is 0.382 e. The normalized spacial score (nSPS) is 23.9. The van der Waals surface area contributed by atoms with Crippen LogP contribution in [0, 0.1) is 0 Å². The molecule has 2 unspecified atom stereocenters. The lowest BCUT2D eigenvalue weighted by Crippen LogP contribution is -2.20. The summed E-state index contributed by atoms with van der Waals surface area (Å²) in [6.07, 6.45) is 4.21. The predicted octanol–water partition coefficient (Wildman–Crippen LogP) is 1.35. The molecule has 100 valence electrons. The van der Waals surface area contributed by atoms with Crippen molar-refractivity contribution < 1.29 is 8.42 Å². The van der Waals surface area contributed by atoms with Gasteiger partial charge in [-0.15, -0.1) is 0 Å². The maximum Gasteiger partial charge on any atom is 0.229 e. The maximum absolute atomic E-state index is 11.2. The lowest BCUT2D eigenvalue weighted by atomic mass is 10.2. The van der Waals surface area contributed by atoms with Crippen LogP contribution >= 0.6 is 0 Å². The summed E-state index contributed by atoms with van der Waals surface area (Å²) in [5, 5.41) is 3.38. The smallest absolute Gasteiger partial charge is 0.229 e. The van der Waals surface area contributed by atoms with Gasteiger partial charge in [0.25, 0.3) is 0 Å². The van der Waals surface area contributed by atoms with Gasteiger partial charge in [0.2, 0.25) is 10.0 Å². The Labute approximate surface area is 108 Å². The average Bonchev–Trinajstić information content (AvgIpc) is 2.62. The van der Waals surface area contributed by atoms with Crippen molar-refractivity contribution in [1.82, 2.24) is 0 Å². The zero-order valence-corrected chi connectivity index (χ0v) is 11.2. The van der Waals surface area contributed by atoms with Crippen molar-refractivity contribution >= 4 is 21.4 Å². The second-order valence-corrected chi connectivity index (χ2v) is 6.62. The molecule has 4 N–H and O–H groups in total. The molecule has 0 heterocycles. The van der Waals surface area contributed by atoms with Gasteiger partial charge < -0.3 is 11.1 Å². The van der Waals surface area contributed by atoms with E-state index in [1.807, 2.05) is 12.1 Å². The van der Waals surface area contributed by atoms with Gasteiger partial charge in [-0.2, -0.15) is 0 Å². The molecule has 1 saturated carbocycles. The molecule has 6 heteroatoms. The van der Waals surface area contributed by atoms with Gasteiger partial charge in [0.15, 0.2) is 0 Å². The van der Waals surface area contributed by atoms with Crippen LogP contribution in [-0.2, 0) is 10.0 Å². The van der Waals surface area contributed by atoms with Crippen molar-refractivity contribution in [2.24, 2.45) is 5.73 Å². The van der Waals surface area contributed by atoms with Crippen LogP contribution in [0.15, 0.2) is 24.3 Å². The van der Waals surface area contributed by atoms with Gasteiger partial charge in [0.05, 0.1) is 11.9 Å². The van der Waals surface area contributed by atoms with E-state index in [0.29, 0.717) is 11.7 Å². The van der Waals surface area contributed by atoms with Crippen LogP contribution in [0.1, 0.15) is 19.3 Å². The van der Waals surface area contributed by atoms with E-state index in [1.165, 1.54) is 0 Å². The molecule has 0 radical (unpaired) electrons. The predicted molar refractivity (Wildman–Crippen MR) is 74.1 cm³/mol. The Morgan fingerprint density at radius 2 is 2.00 bits per heavy atom. The van der Waals surface area contributed by atoms with E-state index in [2.05, 4.69) is 10.0 Å². The third kappa shape index (κ3) is 3.89. The molecule has 0 spiro atoms. The van der Waals surface area contributed by atoms with Crippen LogP contribution in [0.3, 0.4) is 0 Å². The molecule has 0 bridgehead atoms. The molecule has 5 nitrogen and oxygen atoms in total. The quantitative estimate of drug-likeness (QED) is 0.770. The summed E-state index contributed by atoms with van der Waals surface area (Å²) in [7, 11) is -3.23. The molecule has 2 atom stereocenters. The summed E-state index contributed by atoms with van der Waals surface area (Å²) in [5.74, 6) is 0. The highest BCUT2D eigenvalue weighted by molar-refractivity contribution is 7.92. The topological polar surface area (TPSA) is 84.2 Å². The number of benzene rings is 1. The van der Waals surface area contributed by atoms with E-state index >= 15 is 0 Å². The van der Waals surface area contributed by atoms with Gasteiger partial charge in [0.1, 0.15) is 0 Å². The number of hydrogen-bond acceptors (Lipinski definition) is 4. The van der Waals surface area contributed by atoms with Crippen LogP contribution in [0.25, 0.3) is 0 Å². The van der Waals surface area contributed by atoms with Crippen molar-refractivity contribution in [3.8, 4) is 0 Å². The Kier molecular flexibility index (Phi) is 3.77. The minimum atomic E-state index is -3.23. The van der Waals surface area contributed by atoms with Gasteiger partial charge in [0, 0.05) is 17.8 Å². The molecule has 1 aliphatic carbocycles. The molecule has 0 amide bonds. The van der Waals surface area contributed by atoms with E-state index in [1.54, 1.807) is 12.1 Å². The fraction of sp³-hybridized carbons (Fsp3) is 0.500. The summed E-state index contributed by atoms with van der Waals surface area (Å²) >= 11 is 0. The lowest BCUT2D eigenvalue weighted by molar-refractivity contribution is 0.607. The summed E-state index contributed by atoms with van der Waals surface area (Å²) in [4.78, 5) is 0. The molecule has 0 saturated heterocycles. The number of nitrogens with one attached hydrogen (secondary N) is 2. The Morgan fingerprint density at radius 3 is 2.61 bits per heavy atom. The summed E-state index contributed by atoms with van der Waals surface area (Å²) in [6.45, 7) is 0. The first-order valence-electron chi connectivity index (χ1n) is 6.02. The second kappa shape index (κ2) is 5.16. The van der Waals surface area contributed by atoms with Crippen LogP contribution in [0.2, 0.25) is 0 Å². The van der Waals surface area contributed by atoms with E-state index < -0.39 is 10.0 Å². The van der Waals surface area contributed by atoms with Gasteiger partial charge in [-0.05, 0) is 37.5 Å². The van der Waals surface area contributed by atoms with E-state index in [4.69, 9.17) is 5.73 Å². The van der Waals surface area contributed by atoms with E-state index in [9.17, 15) is 8.42 Å². The molecule has 0 aliphatic heterocycles. The Morgan fingerprint density at radius 1 is 1.28 bits per heavy atom. The summed E-state index contributed by atoms with van der Waals surface area (Å²) in [6, 6.07) is 7.94. The fourth-order valence-corrected chi connectivity index (χ4v) is 2.82. The standard InChI is InChI=1S/C12H19N3O2S/c1-18(16,17)15-12-4-2-3-10(8-12)14-11-6-5-9(13)7-11/h2-4,8-9,11,14-15H,5-7,13H2,1H3. The summed E-state index contributed by atoms with van der Waals surface area (Å²) < 4.78 is 24.8. The highest BCUT2D eigenvalue weighted by Crippen LogP contribution is 2.23. The summed E-state index contributed by atoms with van der Waals surface area (Å²) in [5.41, 5.74) is 7.35.